The molecule has 1 N–H and O–H groups in total. The lowest BCUT2D eigenvalue weighted by molar-refractivity contribution is 0.228. The second-order valence-electron chi connectivity index (χ2n) is 5.63. The fourth-order valence-electron chi connectivity index (χ4n) is 3.31. The van der Waals surface area contributed by atoms with Gasteiger partial charge in [-0.25, -0.2) is 0 Å². The third-order valence-corrected chi connectivity index (χ3v) is 4.40. The molecule has 2 rings (SSSR count). The molecule has 1 saturated carbocycles. The van der Waals surface area contributed by atoms with Crippen molar-refractivity contribution < 1.29 is 4.74 Å². The van der Waals surface area contributed by atoms with Crippen molar-refractivity contribution in [3.8, 4) is 5.75 Å². The summed E-state index contributed by atoms with van der Waals surface area (Å²) in [5.74, 6) is 2.69. The molecule has 106 valence electrons. The van der Waals surface area contributed by atoms with Gasteiger partial charge in [0.05, 0.1) is 7.11 Å². The standard InChI is InChI=1S/C17H27NO/c1-3-18-13-16-10-5-4-8-14(16)12-15-9-6-7-11-17(15)19-2/h6-7,9,11,14,16,18H,3-5,8,10,12-13H2,1-2H3. The zero-order valence-corrected chi connectivity index (χ0v) is 12.3. The lowest BCUT2D eigenvalue weighted by atomic mass is 9.76. The molecule has 0 bridgehead atoms. The van der Waals surface area contributed by atoms with Crippen LogP contribution in [0.4, 0.5) is 0 Å². The smallest absolute Gasteiger partial charge is 0.122 e. The van der Waals surface area contributed by atoms with E-state index in [4.69, 9.17) is 4.74 Å². The Kier molecular flexibility index (Phi) is 5.71. The van der Waals surface area contributed by atoms with Crippen LogP contribution in [0.3, 0.4) is 0 Å². The maximum atomic E-state index is 5.49. The van der Waals surface area contributed by atoms with Gasteiger partial charge in [-0.2, -0.15) is 0 Å². The fraction of sp³-hybridized carbons (Fsp3) is 0.647. The number of methoxy groups -OCH3 is 1. The van der Waals surface area contributed by atoms with Crippen molar-refractivity contribution in [1.29, 1.82) is 0 Å². The summed E-state index contributed by atoms with van der Waals surface area (Å²) in [5.41, 5.74) is 1.37. The summed E-state index contributed by atoms with van der Waals surface area (Å²) in [6.07, 6.45) is 6.71. The number of nitrogens with one attached hydrogen (secondary N) is 1. The molecule has 0 spiro atoms. The lowest BCUT2D eigenvalue weighted by Crippen LogP contribution is -2.31. The number of hydrogen-bond donors (Lipinski definition) is 1. The van der Waals surface area contributed by atoms with Crippen LogP contribution >= 0.6 is 0 Å². The van der Waals surface area contributed by atoms with Crippen LogP contribution in [0, 0.1) is 11.8 Å². The van der Waals surface area contributed by atoms with Gasteiger partial charge >= 0.3 is 0 Å². The highest BCUT2D eigenvalue weighted by molar-refractivity contribution is 5.33. The van der Waals surface area contributed by atoms with Gasteiger partial charge in [-0.1, -0.05) is 38.0 Å². The summed E-state index contributed by atoms with van der Waals surface area (Å²) in [4.78, 5) is 0. The van der Waals surface area contributed by atoms with Crippen LogP contribution in [-0.4, -0.2) is 20.2 Å². The van der Waals surface area contributed by atoms with Gasteiger partial charge in [0.2, 0.25) is 0 Å². The van der Waals surface area contributed by atoms with E-state index in [9.17, 15) is 0 Å². The molecule has 1 aliphatic carbocycles. The summed E-state index contributed by atoms with van der Waals surface area (Å²) in [6.45, 7) is 4.45. The highest BCUT2D eigenvalue weighted by atomic mass is 16.5. The fourth-order valence-corrected chi connectivity index (χ4v) is 3.31. The minimum atomic E-state index is 0.809. The van der Waals surface area contributed by atoms with Crippen LogP contribution in [0.2, 0.25) is 0 Å². The van der Waals surface area contributed by atoms with Crippen LogP contribution < -0.4 is 10.1 Å². The van der Waals surface area contributed by atoms with Crippen LogP contribution in [0.15, 0.2) is 24.3 Å². The minimum absolute atomic E-state index is 0.809. The third kappa shape index (κ3) is 3.97. The van der Waals surface area contributed by atoms with Crippen molar-refractivity contribution >= 4 is 0 Å². The highest BCUT2D eigenvalue weighted by Crippen LogP contribution is 2.34. The van der Waals surface area contributed by atoms with E-state index in [1.165, 1.54) is 44.2 Å². The maximum Gasteiger partial charge on any atom is 0.122 e. The Balaban J connectivity index is 2.02. The van der Waals surface area contributed by atoms with Crippen molar-refractivity contribution in [3.05, 3.63) is 29.8 Å². The second kappa shape index (κ2) is 7.54. The molecule has 0 saturated heterocycles. The topological polar surface area (TPSA) is 21.3 Å². The highest BCUT2D eigenvalue weighted by Gasteiger charge is 2.25. The predicted molar refractivity (Wildman–Crippen MR) is 80.7 cm³/mol. The normalized spacial score (nSPS) is 23.3. The van der Waals surface area contributed by atoms with Crippen LogP contribution in [0.1, 0.15) is 38.2 Å². The summed E-state index contributed by atoms with van der Waals surface area (Å²) in [6, 6.07) is 8.48. The molecule has 1 aromatic carbocycles. The maximum absolute atomic E-state index is 5.49. The quantitative estimate of drug-likeness (QED) is 0.844. The zero-order valence-electron chi connectivity index (χ0n) is 12.3. The van der Waals surface area contributed by atoms with E-state index < -0.39 is 0 Å². The van der Waals surface area contributed by atoms with Gasteiger partial charge in [-0.05, 0) is 55.8 Å². The molecular weight excluding hydrogens is 234 g/mol. The second-order valence-corrected chi connectivity index (χ2v) is 5.63. The van der Waals surface area contributed by atoms with Gasteiger partial charge in [0, 0.05) is 0 Å². The van der Waals surface area contributed by atoms with Crippen molar-refractivity contribution in [2.45, 2.75) is 39.0 Å². The van der Waals surface area contributed by atoms with Crippen molar-refractivity contribution in [1.82, 2.24) is 5.32 Å². The number of ether oxygens (including phenoxy) is 1. The van der Waals surface area contributed by atoms with Crippen LogP contribution in [0.25, 0.3) is 0 Å². The molecule has 2 unspecified atom stereocenters. The van der Waals surface area contributed by atoms with E-state index in [0.717, 1.165) is 24.1 Å². The Morgan fingerprint density at radius 2 is 1.89 bits per heavy atom. The Morgan fingerprint density at radius 3 is 2.63 bits per heavy atom. The van der Waals surface area contributed by atoms with Gasteiger partial charge in [0.15, 0.2) is 0 Å². The monoisotopic (exact) mass is 261 g/mol. The van der Waals surface area contributed by atoms with Gasteiger partial charge in [0.1, 0.15) is 5.75 Å². The molecule has 0 aromatic heterocycles. The average Bonchev–Trinajstić information content (AvgIpc) is 2.47. The van der Waals surface area contributed by atoms with Gasteiger partial charge < -0.3 is 10.1 Å². The lowest BCUT2D eigenvalue weighted by Gasteiger charge is -2.32. The SMILES string of the molecule is CCNCC1CCCCC1Cc1ccccc1OC. The van der Waals surface area contributed by atoms with Gasteiger partial charge in [0.25, 0.3) is 0 Å². The minimum Gasteiger partial charge on any atom is -0.496 e. The van der Waals surface area contributed by atoms with E-state index >= 15 is 0 Å². The van der Waals surface area contributed by atoms with E-state index in [-0.39, 0.29) is 0 Å². The molecule has 2 heteroatoms. The first-order valence-electron chi connectivity index (χ1n) is 7.67. The van der Waals surface area contributed by atoms with Gasteiger partial charge in [-0.15, -0.1) is 0 Å². The molecular formula is C17H27NO. The zero-order chi connectivity index (χ0) is 13.5. The molecule has 19 heavy (non-hydrogen) atoms. The van der Waals surface area contributed by atoms with Crippen molar-refractivity contribution in [2.24, 2.45) is 11.8 Å². The van der Waals surface area contributed by atoms with E-state index in [1.54, 1.807) is 7.11 Å². The first kappa shape index (κ1) is 14.4. The first-order chi connectivity index (χ1) is 9.35. The number of rotatable bonds is 6. The van der Waals surface area contributed by atoms with E-state index in [1.807, 2.05) is 0 Å². The summed E-state index contributed by atoms with van der Waals surface area (Å²) < 4.78 is 5.49. The van der Waals surface area contributed by atoms with E-state index in [2.05, 4.69) is 36.5 Å². The molecule has 0 amide bonds. The third-order valence-electron chi connectivity index (χ3n) is 4.40. The Bertz CT molecular complexity index is 377. The number of hydrogen-bond acceptors (Lipinski definition) is 2. The molecule has 2 nitrogen and oxygen atoms in total. The first-order valence-corrected chi connectivity index (χ1v) is 7.67. The molecule has 0 aliphatic heterocycles. The van der Waals surface area contributed by atoms with Crippen LogP contribution in [-0.2, 0) is 6.42 Å². The molecule has 1 aliphatic rings. The van der Waals surface area contributed by atoms with Crippen molar-refractivity contribution in [3.63, 3.8) is 0 Å². The van der Waals surface area contributed by atoms with E-state index in [0.29, 0.717) is 0 Å². The average molecular weight is 261 g/mol. The molecule has 2 atom stereocenters. The molecule has 1 fully saturated rings. The molecule has 0 radical (unpaired) electrons. The Labute approximate surface area is 117 Å². The van der Waals surface area contributed by atoms with Crippen LogP contribution in [0.5, 0.6) is 5.75 Å². The summed E-state index contributed by atoms with van der Waals surface area (Å²) in [7, 11) is 1.77. The Morgan fingerprint density at radius 1 is 1.16 bits per heavy atom. The molecule has 0 heterocycles. The van der Waals surface area contributed by atoms with Crippen molar-refractivity contribution in [2.75, 3.05) is 20.2 Å². The van der Waals surface area contributed by atoms with Gasteiger partial charge in [-0.3, -0.25) is 0 Å². The largest absolute Gasteiger partial charge is 0.496 e. The molecule has 1 aromatic rings. The number of benzene rings is 1. The summed E-state index contributed by atoms with van der Waals surface area (Å²) >= 11 is 0. The summed E-state index contributed by atoms with van der Waals surface area (Å²) in [5, 5.41) is 3.53. The Hall–Kier alpha value is -1.02. The predicted octanol–water partition coefficient (Wildman–Crippen LogP) is 3.65. The number of para-hydroxylation sites is 1.